The average molecular weight is 341 g/mol. The summed E-state index contributed by atoms with van der Waals surface area (Å²) in [5.41, 5.74) is 5.12. The highest BCUT2D eigenvalue weighted by atomic mass is 28.3. The predicted octanol–water partition coefficient (Wildman–Crippen LogP) is 0.0626. The van der Waals surface area contributed by atoms with E-state index < -0.39 is 32.0 Å². The Kier molecular flexibility index (Phi) is 5.61. The minimum absolute atomic E-state index is 0.161. The van der Waals surface area contributed by atoms with Crippen LogP contribution in [-0.2, 0) is 10.1 Å². The number of nitrogens with two attached hydrogens (primary N) is 1. The Labute approximate surface area is 137 Å². The van der Waals surface area contributed by atoms with Crippen molar-refractivity contribution in [2.75, 3.05) is 12.3 Å². The lowest BCUT2D eigenvalue weighted by atomic mass is 9.93. The minimum Gasteiger partial charge on any atom is -0.394 e. The molecule has 1 aliphatic rings. The maximum Gasteiger partial charge on any atom is 0.351 e. The molecule has 0 saturated carbocycles. The highest BCUT2D eigenvalue weighted by Gasteiger charge is 2.57. The van der Waals surface area contributed by atoms with Crippen molar-refractivity contribution < 1.29 is 14.9 Å². The maximum atomic E-state index is 12.4. The molecule has 0 spiro atoms. The summed E-state index contributed by atoms with van der Waals surface area (Å²) in [6.07, 6.45) is 2.75. The van der Waals surface area contributed by atoms with E-state index in [4.69, 9.17) is 10.5 Å². The summed E-state index contributed by atoms with van der Waals surface area (Å²) in [6, 6.07) is 1.57. The number of unbranched alkanes of at least 4 members (excludes halogenated alkanes) is 1. The number of aliphatic hydroxyl groups excluding tert-OH is 2. The van der Waals surface area contributed by atoms with E-state index in [2.05, 4.69) is 25.0 Å². The normalized spacial score (nSPS) is 31.0. The summed E-state index contributed by atoms with van der Waals surface area (Å²) in [5, 5.41) is 19.3. The lowest BCUT2D eigenvalue weighted by Gasteiger charge is -2.39. The number of ether oxygens (including phenoxy) is 1. The molecular formula is C15H27N3O4Si. The number of rotatable bonds is 6. The van der Waals surface area contributed by atoms with Crippen LogP contribution < -0.4 is 11.4 Å². The Bertz CT molecular complexity index is 594. The zero-order valence-electron chi connectivity index (χ0n) is 14.0. The molecule has 0 aliphatic carbocycles. The molecular weight excluding hydrogens is 314 g/mol. The summed E-state index contributed by atoms with van der Waals surface area (Å²) in [4.78, 5) is 16.2. The van der Waals surface area contributed by atoms with Gasteiger partial charge in [-0.1, -0.05) is 32.9 Å². The molecule has 0 radical (unpaired) electrons. The fourth-order valence-electron chi connectivity index (χ4n) is 3.61. The van der Waals surface area contributed by atoms with Crippen LogP contribution >= 0.6 is 0 Å². The summed E-state index contributed by atoms with van der Waals surface area (Å²) < 4.78 is 7.62. The first-order valence-electron chi connectivity index (χ1n) is 8.20. The standard InChI is InChI=1S/C15H27N3O4Si/c1-4-5-6-10-13(20)11(9-19)22-15(10,23(2)3)18-8-7-12(16)17-14(18)21/h7-8,10-11,13,19-20,23H,4-6,9H2,1-3H3,(H2,16,17,21)/t10-,11-,13+,15+/m1/s1. The third-order valence-electron chi connectivity index (χ3n) is 4.74. The fourth-order valence-corrected chi connectivity index (χ4v) is 6.03. The number of hydrogen-bond acceptors (Lipinski definition) is 6. The van der Waals surface area contributed by atoms with Crippen LogP contribution in [0.5, 0.6) is 0 Å². The number of aromatic nitrogens is 2. The van der Waals surface area contributed by atoms with Crippen molar-refractivity contribution in [2.45, 2.75) is 56.8 Å². The molecule has 23 heavy (non-hydrogen) atoms. The first kappa shape index (κ1) is 18.1. The SMILES string of the molecule is CCCC[C@@H]1[C@H](O)[C@@H](CO)O[C@]1(n1ccc(N)nc1=O)[SiH](C)C. The van der Waals surface area contributed by atoms with Gasteiger partial charge in [-0.05, 0) is 12.5 Å². The van der Waals surface area contributed by atoms with Crippen molar-refractivity contribution in [1.29, 1.82) is 0 Å². The summed E-state index contributed by atoms with van der Waals surface area (Å²) in [6.45, 7) is 5.96. The molecule has 130 valence electrons. The first-order chi connectivity index (χ1) is 10.9. The van der Waals surface area contributed by atoms with Gasteiger partial charge < -0.3 is 20.7 Å². The van der Waals surface area contributed by atoms with E-state index in [1.807, 2.05) is 0 Å². The number of aliphatic hydroxyl groups is 2. The molecule has 8 heteroatoms. The zero-order valence-corrected chi connectivity index (χ0v) is 15.1. The van der Waals surface area contributed by atoms with Gasteiger partial charge in [-0.25, -0.2) is 4.79 Å². The average Bonchev–Trinajstić information content (AvgIpc) is 2.78. The van der Waals surface area contributed by atoms with Crippen LogP contribution in [0.1, 0.15) is 26.2 Å². The van der Waals surface area contributed by atoms with Crippen molar-refractivity contribution in [1.82, 2.24) is 9.55 Å². The van der Waals surface area contributed by atoms with Gasteiger partial charge in [-0.3, -0.25) is 4.57 Å². The van der Waals surface area contributed by atoms with Gasteiger partial charge in [0.25, 0.3) is 0 Å². The van der Waals surface area contributed by atoms with Crippen LogP contribution in [0.15, 0.2) is 17.1 Å². The van der Waals surface area contributed by atoms with Crippen LogP contribution in [0.3, 0.4) is 0 Å². The predicted molar refractivity (Wildman–Crippen MR) is 90.7 cm³/mol. The first-order valence-corrected chi connectivity index (χ1v) is 11.1. The van der Waals surface area contributed by atoms with Crippen LogP contribution in [0.2, 0.25) is 13.1 Å². The summed E-state index contributed by atoms with van der Waals surface area (Å²) >= 11 is 0. The number of hydrogen-bond donors (Lipinski definition) is 3. The highest BCUT2D eigenvalue weighted by Crippen LogP contribution is 2.44. The van der Waals surface area contributed by atoms with E-state index in [1.165, 1.54) is 4.57 Å². The molecule has 1 saturated heterocycles. The molecule has 2 heterocycles. The van der Waals surface area contributed by atoms with E-state index >= 15 is 0 Å². The second-order valence-electron chi connectivity index (χ2n) is 6.49. The van der Waals surface area contributed by atoms with Crippen molar-refractivity contribution in [2.24, 2.45) is 5.92 Å². The molecule has 4 N–H and O–H groups in total. The number of anilines is 1. The quantitative estimate of drug-likeness (QED) is 0.631. The van der Waals surface area contributed by atoms with Gasteiger partial charge in [0.2, 0.25) is 0 Å². The smallest absolute Gasteiger partial charge is 0.351 e. The zero-order chi connectivity index (χ0) is 17.2. The Morgan fingerprint density at radius 2 is 2.22 bits per heavy atom. The second-order valence-corrected chi connectivity index (χ2v) is 9.63. The lowest BCUT2D eigenvalue weighted by Crippen LogP contribution is -2.55. The maximum absolute atomic E-state index is 12.4. The van der Waals surface area contributed by atoms with Crippen LogP contribution in [-0.4, -0.2) is 47.4 Å². The number of nitrogen functional groups attached to an aromatic ring is 1. The van der Waals surface area contributed by atoms with Gasteiger partial charge in [-0.15, -0.1) is 0 Å². The van der Waals surface area contributed by atoms with E-state index in [-0.39, 0.29) is 18.3 Å². The lowest BCUT2D eigenvalue weighted by molar-refractivity contribution is -0.0807. The highest BCUT2D eigenvalue weighted by molar-refractivity contribution is 6.58. The van der Waals surface area contributed by atoms with Gasteiger partial charge in [0.15, 0.2) is 0 Å². The Morgan fingerprint density at radius 3 is 2.74 bits per heavy atom. The topological polar surface area (TPSA) is 111 Å². The third kappa shape index (κ3) is 3.08. The molecule has 7 nitrogen and oxygen atoms in total. The van der Waals surface area contributed by atoms with E-state index in [9.17, 15) is 15.0 Å². The molecule has 0 bridgehead atoms. The Morgan fingerprint density at radius 1 is 1.52 bits per heavy atom. The van der Waals surface area contributed by atoms with Gasteiger partial charge in [0.05, 0.1) is 21.5 Å². The second kappa shape index (κ2) is 7.12. The van der Waals surface area contributed by atoms with Gasteiger partial charge in [0, 0.05) is 12.1 Å². The summed E-state index contributed by atoms with van der Waals surface area (Å²) in [7, 11) is -1.63. The molecule has 1 aliphatic heterocycles. The molecule has 0 amide bonds. The van der Waals surface area contributed by atoms with Crippen LogP contribution in [0, 0.1) is 5.92 Å². The molecule has 1 aromatic rings. The van der Waals surface area contributed by atoms with E-state index in [0.717, 1.165) is 19.3 Å². The van der Waals surface area contributed by atoms with E-state index in [0.29, 0.717) is 0 Å². The monoisotopic (exact) mass is 341 g/mol. The molecule has 2 rings (SSSR count). The van der Waals surface area contributed by atoms with Gasteiger partial charge in [0.1, 0.15) is 17.3 Å². The Hall–Kier alpha value is -1.22. The minimum atomic E-state index is -1.63. The van der Waals surface area contributed by atoms with Gasteiger partial charge in [-0.2, -0.15) is 4.98 Å². The Balaban J connectivity index is 2.58. The van der Waals surface area contributed by atoms with E-state index in [1.54, 1.807) is 12.3 Å². The molecule has 1 aromatic heterocycles. The molecule has 0 aromatic carbocycles. The molecule has 1 fully saturated rings. The molecule has 0 unspecified atom stereocenters. The van der Waals surface area contributed by atoms with Gasteiger partial charge >= 0.3 is 5.69 Å². The van der Waals surface area contributed by atoms with Crippen molar-refractivity contribution in [3.8, 4) is 0 Å². The van der Waals surface area contributed by atoms with Crippen LogP contribution in [0.4, 0.5) is 5.82 Å². The molecule has 4 atom stereocenters. The largest absolute Gasteiger partial charge is 0.394 e. The van der Waals surface area contributed by atoms with Crippen LogP contribution in [0.25, 0.3) is 0 Å². The van der Waals surface area contributed by atoms with Crippen molar-refractivity contribution >= 4 is 14.6 Å². The fraction of sp³-hybridized carbons (Fsp3) is 0.733. The summed E-state index contributed by atoms with van der Waals surface area (Å²) in [5.74, 6) is -0.0800. The van der Waals surface area contributed by atoms with Crippen molar-refractivity contribution in [3.05, 3.63) is 22.7 Å². The number of nitrogens with zero attached hydrogens (tertiary/aromatic N) is 2. The third-order valence-corrected chi connectivity index (χ3v) is 7.24. The van der Waals surface area contributed by atoms with Crippen molar-refractivity contribution in [3.63, 3.8) is 0 Å².